The summed E-state index contributed by atoms with van der Waals surface area (Å²) in [5.74, 6) is 0.841. The first kappa shape index (κ1) is 20.4. The Hall–Kier alpha value is -3.87. The van der Waals surface area contributed by atoms with E-state index in [4.69, 9.17) is 14.0 Å². The highest BCUT2D eigenvalue weighted by Gasteiger charge is 2.20. The molecular formula is C24H23N3O4. The molecule has 2 aromatic heterocycles. The van der Waals surface area contributed by atoms with Crippen molar-refractivity contribution in [3.63, 3.8) is 0 Å². The molecule has 7 heteroatoms. The molecule has 0 spiro atoms. The number of benzene rings is 2. The second-order valence-electron chi connectivity index (χ2n) is 7.35. The van der Waals surface area contributed by atoms with Crippen molar-refractivity contribution >= 4 is 22.7 Å². The van der Waals surface area contributed by atoms with E-state index < -0.39 is 0 Å². The van der Waals surface area contributed by atoms with Gasteiger partial charge in [0.15, 0.2) is 11.5 Å². The summed E-state index contributed by atoms with van der Waals surface area (Å²) in [4.78, 5) is 17.9. The van der Waals surface area contributed by atoms with E-state index in [2.05, 4.69) is 15.5 Å². The Morgan fingerprint density at radius 1 is 0.968 bits per heavy atom. The number of aromatic nitrogens is 2. The van der Waals surface area contributed by atoms with Gasteiger partial charge >= 0.3 is 0 Å². The van der Waals surface area contributed by atoms with Gasteiger partial charge in [-0.1, -0.05) is 35.0 Å². The molecular weight excluding hydrogens is 394 g/mol. The molecule has 1 N–H and O–H groups in total. The molecule has 31 heavy (non-hydrogen) atoms. The molecule has 0 saturated carbocycles. The van der Waals surface area contributed by atoms with E-state index in [1.165, 1.54) is 0 Å². The van der Waals surface area contributed by atoms with Crippen molar-refractivity contribution in [3.8, 4) is 22.8 Å². The third kappa shape index (κ3) is 3.82. The maximum atomic E-state index is 13.3. The zero-order chi connectivity index (χ0) is 22.1. The fourth-order valence-electron chi connectivity index (χ4n) is 3.45. The molecule has 0 atom stereocenters. The number of carbonyl (C=O) groups is 1. The van der Waals surface area contributed by atoms with Crippen molar-refractivity contribution in [2.45, 2.75) is 20.8 Å². The van der Waals surface area contributed by atoms with Crippen molar-refractivity contribution in [3.05, 3.63) is 64.8 Å². The standard InChI is InChI=1S/C24H23N3O4/c1-13-6-8-16(9-7-13)19-11-17(22-15(3)27-31-24(22)26-19)23(28)25-18-12-21(30-5)20(29-4)10-14(18)2/h6-12H,1-5H3,(H,25,28). The topological polar surface area (TPSA) is 86.5 Å². The zero-order valence-corrected chi connectivity index (χ0v) is 18.1. The largest absolute Gasteiger partial charge is 0.493 e. The van der Waals surface area contributed by atoms with Crippen LogP contribution in [0.25, 0.3) is 22.4 Å². The lowest BCUT2D eigenvalue weighted by molar-refractivity contribution is 0.102. The number of amides is 1. The Kier molecular flexibility index (Phi) is 5.33. The summed E-state index contributed by atoms with van der Waals surface area (Å²) in [5, 5.41) is 7.58. The molecule has 2 aromatic carbocycles. The number of rotatable bonds is 5. The molecule has 0 bridgehead atoms. The maximum absolute atomic E-state index is 13.3. The predicted octanol–water partition coefficient (Wildman–Crippen LogP) is 5.08. The summed E-state index contributed by atoms with van der Waals surface area (Å²) in [6, 6.07) is 13.3. The van der Waals surface area contributed by atoms with Crippen LogP contribution in [0.2, 0.25) is 0 Å². The van der Waals surface area contributed by atoms with Crippen molar-refractivity contribution in [2.75, 3.05) is 19.5 Å². The molecule has 2 heterocycles. The molecule has 0 fully saturated rings. The van der Waals surface area contributed by atoms with Crippen molar-refractivity contribution < 1.29 is 18.8 Å². The van der Waals surface area contributed by atoms with Gasteiger partial charge in [-0.05, 0) is 38.5 Å². The van der Waals surface area contributed by atoms with Crippen LogP contribution in [0.4, 0.5) is 5.69 Å². The van der Waals surface area contributed by atoms with Crippen LogP contribution in [-0.4, -0.2) is 30.3 Å². The monoisotopic (exact) mass is 417 g/mol. The Bertz CT molecular complexity index is 1280. The molecule has 4 rings (SSSR count). The van der Waals surface area contributed by atoms with E-state index in [9.17, 15) is 4.79 Å². The van der Waals surface area contributed by atoms with Gasteiger partial charge in [0.1, 0.15) is 0 Å². The summed E-state index contributed by atoms with van der Waals surface area (Å²) in [6.07, 6.45) is 0. The van der Waals surface area contributed by atoms with Crippen LogP contribution in [0, 0.1) is 20.8 Å². The van der Waals surface area contributed by atoms with E-state index >= 15 is 0 Å². The molecule has 0 radical (unpaired) electrons. The lowest BCUT2D eigenvalue weighted by Crippen LogP contribution is -2.14. The van der Waals surface area contributed by atoms with Gasteiger partial charge in [-0.2, -0.15) is 0 Å². The summed E-state index contributed by atoms with van der Waals surface area (Å²) in [7, 11) is 3.13. The highest BCUT2D eigenvalue weighted by molar-refractivity contribution is 6.13. The van der Waals surface area contributed by atoms with Crippen molar-refractivity contribution in [1.29, 1.82) is 0 Å². The van der Waals surface area contributed by atoms with E-state index in [0.29, 0.717) is 45.2 Å². The van der Waals surface area contributed by atoms with Crippen molar-refractivity contribution in [1.82, 2.24) is 10.1 Å². The quantitative estimate of drug-likeness (QED) is 0.487. The number of anilines is 1. The van der Waals surface area contributed by atoms with E-state index in [1.807, 2.05) is 44.2 Å². The second-order valence-corrected chi connectivity index (χ2v) is 7.35. The van der Waals surface area contributed by atoms with Gasteiger partial charge in [0, 0.05) is 17.3 Å². The molecule has 0 aliphatic heterocycles. The first-order valence-corrected chi connectivity index (χ1v) is 9.79. The van der Waals surface area contributed by atoms with Gasteiger partial charge in [0.2, 0.25) is 0 Å². The predicted molar refractivity (Wildman–Crippen MR) is 119 cm³/mol. The number of methoxy groups -OCH3 is 2. The number of hydrogen-bond acceptors (Lipinski definition) is 6. The summed E-state index contributed by atoms with van der Waals surface area (Å²) in [5.41, 5.74) is 5.50. The summed E-state index contributed by atoms with van der Waals surface area (Å²) >= 11 is 0. The highest BCUT2D eigenvalue weighted by atomic mass is 16.5. The molecule has 0 unspecified atom stereocenters. The van der Waals surface area contributed by atoms with Crippen LogP contribution in [-0.2, 0) is 0 Å². The molecule has 158 valence electrons. The second kappa shape index (κ2) is 8.10. The van der Waals surface area contributed by atoms with Gasteiger partial charge in [0.25, 0.3) is 11.6 Å². The first-order chi connectivity index (χ1) is 14.9. The third-order valence-electron chi connectivity index (χ3n) is 5.19. The van der Waals surface area contributed by atoms with Gasteiger partial charge in [-0.15, -0.1) is 0 Å². The van der Waals surface area contributed by atoms with Crippen molar-refractivity contribution in [2.24, 2.45) is 0 Å². The van der Waals surface area contributed by atoms with Crippen LogP contribution < -0.4 is 14.8 Å². The van der Waals surface area contributed by atoms with Crippen LogP contribution >= 0.6 is 0 Å². The minimum absolute atomic E-state index is 0.289. The molecule has 0 aliphatic rings. The van der Waals surface area contributed by atoms with E-state index in [1.54, 1.807) is 33.3 Å². The van der Waals surface area contributed by atoms with Gasteiger partial charge < -0.3 is 19.3 Å². The lowest BCUT2D eigenvalue weighted by atomic mass is 10.0. The lowest BCUT2D eigenvalue weighted by Gasteiger charge is -2.14. The molecule has 0 aliphatic carbocycles. The fraction of sp³-hybridized carbons (Fsp3) is 0.208. The van der Waals surface area contributed by atoms with Crippen LogP contribution in [0.3, 0.4) is 0 Å². The van der Waals surface area contributed by atoms with Gasteiger partial charge in [0.05, 0.1) is 36.6 Å². The minimum Gasteiger partial charge on any atom is -0.493 e. The maximum Gasteiger partial charge on any atom is 0.259 e. The van der Waals surface area contributed by atoms with Crippen LogP contribution in [0.1, 0.15) is 27.2 Å². The average molecular weight is 417 g/mol. The number of carbonyl (C=O) groups excluding carboxylic acids is 1. The Morgan fingerprint density at radius 2 is 1.65 bits per heavy atom. The first-order valence-electron chi connectivity index (χ1n) is 9.79. The molecule has 0 saturated heterocycles. The van der Waals surface area contributed by atoms with E-state index in [0.717, 1.165) is 16.7 Å². The SMILES string of the molecule is COc1cc(C)c(NC(=O)c2cc(-c3ccc(C)cc3)nc3onc(C)c23)cc1OC. The summed E-state index contributed by atoms with van der Waals surface area (Å²) < 4.78 is 16.1. The minimum atomic E-state index is -0.289. The number of hydrogen-bond donors (Lipinski definition) is 1. The Balaban J connectivity index is 1.79. The molecule has 1 amide bonds. The number of nitrogens with one attached hydrogen (secondary N) is 1. The smallest absolute Gasteiger partial charge is 0.259 e. The molecule has 4 aromatic rings. The number of fused-ring (bicyclic) bond motifs is 1. The molecule has 7 nitrogen and oxygen atoms in total. The van der Waals surface area contributed by atoms with Crippen LogP contribution in [0.15, 0.2) is 47.0 Å². The number of nitrogens with zero attached hydrogens (tertiary/aromatic N) is 2. The number of ether oxygens (including phenoxy) is 2. The Labute approximate surface area is 180 Å². The average Bonchev–Trinajstić information content (AvgIpc) is 3.15. The zero-order valence-electron chi connectivity index (χ0n) is 18.1. The van der Waals surface area contributed by atoms with Gasteiger partial charge in [-0.3, -0.25) is 4.79 Å². The van der Waals surface area contributed by atoms with Gasteiger partial charge in [-0.25, -0.2) is 4.98 Å². The van der Waals surface area contributed by atoms with E-state index in [-0.39, 0.29) is 5.91 Å². The summed E-state index contributed by atoms with van der Waals surface area (Å²) in [6.45, 7) is 5.70. The Morgan fingerprint density at radius 3 is 2.32 bits per heavy atom. The normalized spacial score (nSPS) is 10.9. The number of aryl methyl sites for hydroxylation is 3. The third-order valence-corrected chi connectivity index (χ3v) is 5.19. The fourth-order valence-corrected chi connectivity index (χ4v) is 3.45. The number of pyridine rings is 1. The van der Waals surface area contributed by atoms with Crippen LogP contribution in [0.5, 0.6) is 11.5 Å². The highest BCUT2D eigenvalue weighted by Crippen LogP contribution is 2.34.